The molecular weight excluding hydrogens is 270 g/mol. The molecule has 0 spiro atoms. The zero-order valence-electron chi connectivity index (χ0n) is 12.3. The summed E-state index contributed by atoms with van der Waals surface area (Å²) in [6.07, 6.45) is 0. The predicted octanol–water partition coefficient (Wildman–Crippen LogP) is 4.22. The van der Waals surface area contributed by atoms with Gasteiger partial charge in [0.25, 0.3) is 0 Å². The van der Waals surface area contributed by atoms with E-state index in [1.54, 1.807) is 0 Å². The Kier molecular flexibility index (Phi) is 4.40. The highest BCUT2D eigenvalue weighted by Crippen LogP contribution is 2.29. The van der Waals surface area contributed by atoms with E-state index in [0.29, 0.717) is 5.02 Å². The molecule has 20 heavy (non-hydrogen) atoms. The summed E-state index contributed by atoms with van der Waals surface area (Å²) < 4.78 is 0. The Morgan fingerprint density at radius 3 is 1.85 bits per heavy atom. The van der Waals surface area contributed by atoms with E-state index in [9.17, 15) is 0 Å². The molecular formula is C16H20ClN3. The Labute approximate surface area is 125 Å². The number of rotatable bonds is 4. The highest BCUT2D eigenvalue weighted by Gasteiger charge is 2.04. The molecule has 106 valence electrons. The molecule has 0 fully saturated rings. The Balaban J connectivity index is 2.17. The summed E-state index contributed by atoms with van der Waals surface area (Å²) in [5.41, 5.74) is 4.19. The van der Waals surface area contributed by atoms with Crippen molar-refractivity contribution in [3.8, 4) is 0 Å². The monoisotopic (exact) mass is 289 g/mol. The molecule has 1 N–H and O–H groups in total. The van der Waals surface area contributed by atoms with Crippen molar-refractivity contribution in [2.24, 2.45) is 0 Å². The van der Waals surface area contributed by atoms with Crippen molar-refractivity contribution >= 4 is 34.4 Å². The molecule has 0 bridgehead atoms. The van der Waals surface area contributed by atoms with Gasteiger partial charge in [-0.25, -0.2) is 0 Å². The van der Waals surface area contributed by atoms with Gasteiger partial charge in [-0.15, -0.1) is 0 Å². The Hall–Kier alpha value is -1.87. The standard InChI is InChI=1S/C16H20ClN3/c1-19(2)13-7-5-12(6-8-13)18-16-10-9-14(20(3)4)11-15(16)17/h5-11,18H,1-4H3. The smallest absolute Gasteiger partial charge is 0.0661 e. The summed E-state index contributed by atoms with van der Waals surface area (Å²) in [7, 11) is 8.05. The van der Waals surface area contributed by atoms with Crippen LogP contribution in [-0.4, -0.2) is 28.2 Å². The third-order valence-corrected chi connectivity index (χ3v) is 3.44. The van der Waals surface area contributed by atoms with E-state index in [4.69, 9.17) is 11.6 Å². The fraction of sp³-hybridized carbons (Fsp3) is 0.250. The van der Waals surface area contributed by atoms with Gasteiger partial charge in [-0.1, -0.05) is 11.6 Å². The molecule has 2 rings (SSSR count). The van der Waals surface area contributed by atoms with Crippen LogP contribution in [0.25, 0.3) is 0 Å². The quantitative estimate of drug-likeness (QED) is 0.909. The van der Waals surface area contributed by atoms with Crippen molar-refractivity contribution in [3.05, 3.63) is 47.5 Å². The second-order valence-electron chi connectivity index (χ2n) is 5.12. The lowest BCUT2D eigenvalue weighted by molar-refractivity contribution is 1.13. The van der Waals surface area contributed by atoms with Crippen LogP contribution in [0.4, 0.5) is 22.7 Å². The molecule has 0 aromatic heterocycles. The van der Waals surface area contributed by atoms with Gasteiger partial charge in [-0.05, 0) is 42.5 Å². The molecule has 0 radical (unpaired) electrons. The minimum absolute atomic E-state index is 0.716. The average Bonchev–Trinajstić information content (AvgIpc) is 2.41. The molecule has 0 aliphatic rings. The highest BCUT2D eigenvalue weighted by atomic mass is 35.5. The molecule has 2 aromatic rings. The number of nitrogens with zero attached hydrogens (tertiary/aromatic N) is 2. The molecule has 0 unspecified atom stereocenters. The maximum Gasteiger partial charge on any atom is 0.0661 e. The molecule has 0 saturated carbocycles. The number of benzene rings is 2. The topological polar surface area (TPSA) is 18.5 Å². The van der Waals surface area contributed by atoms with Crippen molar-refractivity contribution in [1.82, 2.24) is 0 Å². The van der Waals surface area contributed by atoms with Crippen LogP contribution in [0.15, 0.2) is 42.5 Å². The van der Waals surface area contributed by atoms with Crippen LogP contribution in [0.5, 0.6) is 0 Å². The van der Waals surface area contributed by atoms with Crippen LogP contribution in [0, 0.1) is 0 Å². The first-order valence-electron chi connectivity index (χ1n) is 6.48. The second-order valence-corrected chi connectivity index (χ2v) is 5.53. The summed E-state index contributed by atoms with van der Waals surface area (Å²) in [4.78, 5) is 4.10. The van der Waals surface area contributed by atoms with E-state index in [0.717, 1.165) is 17.1 Å². The van der Waals surface area contributed by atoms with E-state index in [2.05, 4.69) is 22.3 Å². The first kappa shape index (κ1) is 14.5. The number of anilines is 4. The maximum absolute atomic E-state index is 6.31. The molecule has 0 aliphatic carbocycles. The Bertz CT molecular complexity index is 577. The van der Waals surface area contributed by atoms with Crippen LogP contribution in [-0.2, 0) is 0 Å². The summed E-state index contributed by atoms with van der Waals surface area (Å²) >= 11 is 6.31. The molecule has 0 amide bonds. The SMILES string of the molecule is CN(C)c1ccc(Nc2ccc(N(C)C)cc2Cl)cc1. The van der Waals surface area contributed by atoms with Gasteiger partial charge in [0.1, 0.15) is 0 Å². The molecule has 0 atom stereocenters. The van der Waals surface area contributed by atoms with Gasteiger partial charge in [0.2, 0.25) is 0 Å². The van der Waals surface area contributed by atoms with Crippen LogP contribution in [0.1, 0.15) is 0 Å². The van der Waals surface area contributed by atoms with E-state index < -0.39 is 0 Å². The van der Waals surface area contributed by atoms with Crippen LogP contribution < -0.4 is 15.1 Å². The summed E-state index contributed by atoms with van der Waals surface area (Å²) in [5.74, 6) is 0. The molecule has 2 aromatic carbocycles. The van der Waals surface area contributed by atoms with Crippen LogP contribution >= 0.6 is 11.6 Å². The zero-order valence-corrected chi connectivity index (χ0v) is 13.1. The van der Waals surface area contributed by atoms with Gasteiger partial charge in [0.05, 0.1) is 10.7 Å². The van der Waals surface area contributed by atoms with Gasteiger partial charge in [0.15, 0.2) is 0 Å². The molecule has 0 aliphatic heterocycles. The van der Waals surface area contributed by atoms with E-state index in [-0.39, 0.29) is 0 Å². The van der Waals surface area contributed by atoms with Gasteiger partial charge in [-0.3, -0.25) is 0 Å². The summed E-state index contributed by atoms with van der Waals surface area (Å²) in [6.45, 7) is 0. The molecule has 3 nitrogen and oxygen atoms in total. The van der Waals surface area contributed by atoms with E-state index in [1.807, 2.05) is 63.4 Å². The first-order chi connectivity index (χ1) is 9.47. The third-order valence-electron chi connectivity index (χ3n) is 3.13. The van der Waals surface area contributed by atoms with Crippen LogP contribution in [0.3, 0.4) is 0 Å². The fourth-order valence-corrected chi connectivity index (χ4v) is 2.10. The van der Waals surface area contributed by atoms with Crippen LogP contribution in [0.2, 0.25) is 5.02 Å². The molecule has 0 heterocycles. The summed E-state index contributed by atoms with van der Waals surface area (Å²) in [5, 5.41) is 4.05. The number of halogens is 1. The summed E-state index contributed by atoms with van der Waals surface area (Å²) in [6, 6.07) is 14.2. The minimum Gasteiger partial charge on any atom is -0.378 e. The predicted molar refractivity (Wildman–Crippen MR) is 89.8 cm³/mol. The highest BCUT2D eigenvalue weighted by molar-refractivity contribution is 6.33. The van der Waals surface area contributed by atoms with Crippen molar-refractivity contribution in [3.63, 3.8) is 0 Å². The maximum atomic E-state index is 6.31. The Morgan fingerprint density at radius 1 is 0.800 bits per heavy atom. The van der Waals surface area contributed by atoms with Crippen molar-refractivity contribution < 1.29 is 0 Å². The zero-order chi connectivity index (χ0) is 14.7. The Morgan fingerprint density at radius 2 is 1.35 bits per heavy atom. The van der Waals surface area contributed by atoms with Crippen molar-refractivity contribution in [2.45, 2.75) is 0 Å². The first-order valence-corrected chi connectivity index (χ1v) is 6.86. The van der Waals surface area contributed by atoms with E-state index >= 15 is 0 Å². The average molecular weight is 290 g/mol. The van der Waals surface area contributed by atoms with Gasteiger partial charge in [-0.2, -0.15) is 0 Å². The number of hydrogen-bond donors (Lipinski definition) is 1. The van der Waals surface area contributed by atoms with Crippen molar-refractivity contribution in [2.75, 3.05) is 43.3 Å². The van der Waals surface area contributed by atoms with Gasteiger partial charge < -0.3 is 15.1 Å². The van der Waals surface area contributed by atoms with Gasteiger partial charge >= 0.3 is 0 Å². The molecule has 0 saturated heterocycles. The van der Waals surface area contributed by atoms with Gasteiger partial charge in [0, 0.05) is 45.3 Å². The second kappa shape index (κ2) is 6.06. The number of hydrogen-bond acceptors (Lipinski definition) is 3. The lowest BCUT2D eigenvalue weighted by atomic mass is 10.2. The largest absolute Gasteiger partial charge is 0.378 e. The lowest BCUT2D eigenvalue weighted by Gasteiger charge is -2.16. The molecule has 4 heteroatoms. The minimum atomic E-state index is 0.716. The number of nitrogens with one attached hydrogen (secondary N) is 1. The van der Waals surface area contributed by atoms with E-state index in [1.165, 1.54) is 5.69 Å². The fourth-order valence-electron chi connectivity index (χ4n) is 1.88. The van der Waals surface area contributed by atoms with Crippen molar-refractivity contribution in [1.29, 1.82) is 0 Å². The third kappa shape index (κ3) is 3.36. The normalized spacial score (nSPS) is 10.2. The lowest BCUT2D eigenvalue weighted by Crippen LogP contribution is -2.08.